The lowest BCUT2D eigenvalue weighted by molar-refractivity contribution is -0.143. The van der Waals surface area contributed by atoms with Crippen molar-refractivity contribution in [1.29, 1.82) is 0 Å². The molecule has 68 heavy (non-hydrogen) atoms. The second-order valence-electron chi connectivity index (χ2n) is 17.1. The number of alkyl halides is 3. The standard InChI is InChI=1S/C26H25F3N2O4.C26H28N2O5/c1-16(25(34)31-12-4-5-17(15-31)13-24(32)33)35-18-8-9-21-19(10-11-30-23(21)14-18)20-6-2-3-7-22(20)26(27,28)29;1-17(26(31)28-13-5-6-18(16-28)14-25(29)30)33-19-9-10-21-20(11-12-27-23(21)15-19)22-7-3-4-8-24(22)32-2/h2-3,6-11,14,16-17H,4-5,12-13,15H2,1H3,(H,32,33);3-4,7-12,15,17-18H,5-6,13-14,16H2,1-2H3,(H,29,30)/t16?,17-;17?,18-/m11/s1. The number of methoxy groups -OCH3 is 1. The number of aliphatic carboxylic acids is 2. The number of ether oxygens (including phenoxy) is 3. The van der Waals surface area contributed by atoms with E-state index in [2.05, 4.69) is 9.97 Å². The minimum absolute atomic E-state index is 0.00864. The molecule has 0 aliphatic carbocycles. The SMILES string of the molecule is CC(Oc1ccc2c(-c3ccccc3C(F)(F)F)ccnc2c1)C(=O)N1CCC[C@H](CC(=O)O)C1.COc1ccccc1-c1ccnc2cc(OC(C)C(=O)N3CCC[C@H](CC(=O)O)C3)ccc12. The Morgan fingerprint density at radius 2 is 1.10 bits per heavy atom. The summed E-state index contributed by atoms with van der Waals surface area (Å²) in [5.41, 5.74) is 2.92. The van der Waals surface area contributed by atoms with Gasteiger partial charge in [0.05, 0.1) is 23.7 Å². The van der Waals surface area contributed by atoms with Crippen LogP contribution in [0.25, 0.3) is 44.1 Å². The first-order valence-corrected chi connectivity index (χ1v) is 22.5. The van der Waals surface area contributed by atoms with E-state index in [0.29, 0.717) is 54.1 Å². The van der Waals surface area contributed by atoms with Crippen LogP contribution >= 0.6 is 0 Å². The Morgan fingerprint density at radius 3 is 1.57 bits per heavy atom. The number of aromatic nitrogens is 2. The molecule has 0 bridgehead atoms. The summed E-state index contributed by atoms with van der Waals surface area (Å²) in [6, 6.07) is 27.2. The van der Waals surface area contributed by atoms with Gasteiger partial charge in [0.25, 0.3) is 11.8 Å². The van der Waals surface area contributed by atoms with Gasteiger partial charge >= 0.3 is 18.1 Å². The molecular weight excluding hydrogens is 882 g/mol. The Labute approximate surface area is 391 Å². The van der Waals surface area contributed by atoms with E-state index in [0.717, 1.165) is 59.5 Å². The van der Waals surface area contributed by atoms with Crippen molar-refractivity contribution in [1.82, 2.24) is 19.8 Å². The van der Waals surface area contributed by atoms with Crippen LogP contribution in [0.1, 0.15) is 57.9 Å². The van der Waals surface area contributed by atoms with Crippen LogP contribution in [-0.4, -0.2) is 99.2 Å². The first-order valence-electron chi connectivity index (χ1n) is 22.5. The Kier molecular flexibility index (Phi) is 15.5. The molecule has 2 aliphatic rings. The number of nitrogens with zero attached hydrogens (tertiary/aromatic N) is 4. The van der Waals surface area contributed by atoms with Gasteiger partial charge in [-0.2, -0.15) is 13.2 Å². The number of likely N-dealkylation sites (tertiary alicyclic amines) is 2. The van der Waals surface area contributed by atoms with Crippen molar-refractivity contribution in [2.45, 2.75) is 70.8 Å². The van der Waals surface area contributed by atoms with E-state index >= 15 is 0 Å². The molecule has 6 aromatic rings. The van der Waals surface area contributed by atoms with E-state index in [1.54, 1.807) is 67.3 Å². The second-order valence-corrected chi connectivity index (χ2v) is 17.1. The molecule has 4 aromatic carbocycles. The van der Waals surface area contributed by atoms with Crippen molar-refractivity contribution < 1.29 is 56.8 Å². The number of pyridine rings is 2. The number of rotatable bonds is 13. The maximum atomic E-state index is 13.6. The second kappa shape index (κ2) is 21.6. The number of benzene rings is 4. The topological polar surface area (TPSA) is 169 Å². The Morgan fingerprint density at radius 1 is 0.647 bits per heavy atom. The maximum Gasteiger partial charge on any atom is 0.417 e. The predicted molar refractivity (Wildman–Crippen MR) is 249 cm³/mol. The average Bonchev–Trinajstić information content (AvgIpc) is 3.32. The van der Waals surface area contributed by atoms with Crippen LogP contribution in [0.3, 0.4) is 0 Å². The molecule has 0 radical (unpaired) electrons. The number of amides is 2. The number of halogens is 3. The van der Waals surface area contributed by atoms with E-state index in [9.17, 15) is 32.3 Å². The van der Waals surface area contributed by atoms with Crippen molar-refractivity contribution >= 4 is 45.6 Å². The van der Waals surface area contributed by atoms with Gasteiger partial charge in [-0.3, -0.25) is 29.1 Å². The molecule has 4 heterocycles. The summed E-state index contributed by atoms with van der Waals surface area (Å²) in [5, 5.41) is 19.6. The van der Waals surface area contributed by atoms with Gasteiger partial charge in [0, 0.05) is 79.9 Å². The fourth-order valence-electron chi connectivity index (χ4n) is 9.09. The summed E-state index contributed by atoms with van der Waals surface area (Å²) in [7, 11) is 1.65. The maximum absolute atomic E-state index is 13.6. The third-order valence-corrected chi connectivity index (χ3v) is 12.3. The third kappa shape index (κ3) is 11.8. The zero-order valence-corrected chi connectivity index (χ0v) is 37.9. The molecule has 8 rings (SSSR count). The van der Waals surface area contributed by atoms with Gasteiger partial charge in [-0.15, -0.1) is 0 Å². The summed E-state index contributed by atoms with van der Waals surface area (Å²) < 4.78 is 58.0. The molecule has 356 valence electrons. The Balaban J connectivity index is 0.000000202. The first kappa shape index (κ1) is 48.7. The van der Waals surface area contributed by atoms with Crippen molar-refractivity contribution in [2.24, 2.45) is 11.8 Å². The molecule has 2 aliphatic heterocycles. The molecule has 2 amide bonds. The van der Waals surface area contributed by atoms with Gasteiger partial charge in [-0.05, 0) is 117 Å². The molecule has 0 spiro atoms. The van der Waals surface area contributed by atoms with Gasteiger partial charge < -0.3 is 34.2 Å². The van der Waals surface area contributed by atoms with E-state index in [-0.39, 0.29) is 42.1 Å². The third-order valence-electron chi connectivity index (χ3n) is 12.3. The number of hydrogen-bond donors (Lipinski definition) is 2. The molecule has 2 N–H and O–H groups in total. The zero-order valence-electron chi connectivity index (χ0n) is 37.9. The molecule has 13 nitrogen and oxygen atoms in total. The summed E-state index contributed by atoms with van der Waals surface area (Å²) in [4.78, 5) is 60.0. The lowest BCUT2D eigenvalue weighted by Gasteiger charge is -2.33. The highest BCUT2D eigenvalue weighted by atomic mass is 19.4. The number of carbonyl (C=O) groups excluding carboxylic acids is 2. The molecular formula is C52H53F3N4O9. The largest absolute Gasteiger partial charge is 0.496 e. The zero-order chi connectivity index (χ0) is 48.5. The molecule has 2 saturated heterocycles. The van der Waals surface area contributed by atoms with Crippen LogP contribution in [-0.2, 0) is 25.4 Å². The van der Waals surface area contributed by atoms with E-state index in [1.165, 1.54) is 18.3 Å². The highest BCUT2D eigenvalue weighted by Crippen LogP contribution is 2.40. The number of carboxylic acid groups (broad SMARTS) is 2. The van der Waals surface area contributed by atoms with Gasteiger partial charge in [0.15, 0.2) is 12.2 Å². The summed E-state index contributed by atoms with van der Waals surface area (Å²) >= 11 is 0. The van der Waals surface area contributed by atoms with Crippen LogP contribution in [0.5, 0.6) is 17.2 Å². The minimum Gasteiger partial charge on any atom is -0.496 e. The quantitative estimate of drug-likeness (QED) is 0.113. The normalized spacial score (nSPS) is 17.1. The summed E-state index contributed by atoms with van der Waals surface area (Å²) in [5.74, 6) is -0.442. The number of para-hydroxylation sites is 1. The highest BCUT2D eigenvalue weighted by molar-refractivity contribution is 5.97. The minimum atomic E-state index is -4.50. The van der Waals surface area contributed by atoms with Crippen LogP contribution in [0.2, 0.25) is 0 Å². The predicted octanol–water partition coefficient (Wildman–Crippen LogP) is 9.79. The van der Waals surface area contributed by atoms with Crippen molar-refractivity contribution in [3.8, 4) is 39.5 Å². The monoisotopic (exact) mass is 934 g/mol. The fraction of sp³-hybridized carbons (Fsp3) is 0.346. The van der Waals surface area contributed by atoms with Gasteiger partial charge in [0.2, 0.25) is 0 Å². The van der Waals surface area contributed by atoms with E-state index < -0.39 is 35.9 Å². The van der Waals surface area contributed by atoms with E-state index in [1.807, 2.05) is 48.5 Å². The summed E-state index contributed by atoms with van der Waals surface area (Å²) in [6.07, 6.45) is 0.451. The van der Waals surface area contributed by atoms with Crippen LogP contribution in [0, 0.1) is 11.8 Å². The van der Waals surface area contributed by atoms with Crippen molar-refractivity contribution in [2.75, 3.05) is 33.3 Å². The molecule has 2 aromatic heterocycles. The lowest BCUT2D eigenvalue weighted by Crippen LogP contribution is -2.46. The van der Waals surface area contributed by atoms with Crippen LogP contribution in [0.4, 0.5) is 13.2 Å². The average molecular weight is 935 g/mol. The highest BCUT2D eigenvalue weighted by Gasteiger charge is 2.34. The first-order chi connectivity index (χ1) is 32.6. The summed E-state index contributed by atoms with van der Waals surface area (Å²) in [6.45, 7) is 5.36. The smallest absolute Gasteiger partial charge is 0.417 e. The molecule has 16 heteroatoms. The Bertz CT molecular complexity index is 2790. The fourth-order valence-corrected chi connectivity index (χ4v) is 9.09. The lowest BCUT2D eigenvalue weighted by atomic mass is 9.94. The number of carbonyl (C=O) groups is 4. The van der Waals surface area contributed by atoms with Crippen LogP contribution in [0.15, 0.2) is 109 Å². The van der Waals surface area contributed by atoms with Gasteiger partial charge in [0.1, 0.15) is 17.2 Å². The molecule has 2 fully saturated rings. The van der Waals surface area contributed by atoms with Crippen molar-refractivity contribution in [3.63, 3.8) is 0 Å². The molecule has 2 unspecified atom stereocenters. The number of hydrogen-bond acceptors (Lipinski definition) is 9. The van der Waals surface area contributed by atoms with Gasteiger partial charge in [-0.25, -0.2) is 0 Å². The van der Waals surface area contributed by atoms with Crippen LogP contribution < -0.4 is 14.2 Å². The van der Waals surface area contributed by atoms with E-state index in [4.69, 9.17) is 24.4 Å². The van der Waals surface area contributed by atoms with Crippen molar-refractivity contribution in [3.05, 3.63) is 115 Å². The Hall–Kier alpha value is -7.23. The number of piperidine rings is 2. The van der Waals surface area contributed by atoms with Gasteiger partial charge in [-0.1, -0.05) is 36.4 Å². The molecule has 4 atom stereocenters. The molecule has 0 saturated carbocycles. The number of carboxylic acids is 2. The number of fused-ring (bicyclic) bond motifs is 2.